The SMILES string of the molecule is CCOc1cccc2c1NC(=O)C(CC(C)(C)C)CN2. The summed E-state index contributed by atoms with van der Waals surface area (Å²) in [5.74, 6) is 0.762. The Bertz CT molecular complexity index is 492. The molecular formula is C16H24N2O2. The van der Waals surface area contributed by atoms with Crippen LogP contribution in [0.2, 0.25) is 0 Å². The van der Waals surface area contributed by atoms with E-state index in [0.717, 1.165) is 23.5 Å². The van der Waals surface area contributed by atoms with Gasteiger partial charge in [0, 0.05) is 6.54 Å². The molecule has 4 nitrogen and oxygen atoms in total. The van der Waals surface area contributed by atoms with Crippen LogP contribution in [0.15, 0.2) is 18.2 Å². The molecule has 0 spiro atoms. The summed E-state index contributed by atoms with van der Waals surface area (Å²) in [6, 6.07) is 5.79. The molecule has 1 aliphatic heterocycles. The van der Waals surface area contributed by atoms with Crippen molar-refractivity contribution in [3.05, 3.63) is 18.2 Å². The first-order chi connectivity index (χ1) is 9.40. The van der Waals surface area contributed by atoms with Gasteiger partial charge < -0.3 is 15.4 Å². The maximum absolute atomic E-state index is 12.4. The molecule has 0 fully saturated rings. The van der Waals surface area contributed by atoms with Gasteiger partial charge in [0.25, 0.3) is 0 Å². The monoisotopic (exact) mass is 276 g/mol. The van der Waals surface area contributed by atoms with Crippen LogP contribution in [-0.2, 0) is 4.79 Å². The summed E-state index contributed by atoms with van der Waals surface area (Å²) in [5.41, 5.74) is 1.82. The van der Waals surface area contributed by atoms with Crippen LogP contribution in [0, 0.1) is 11.3 Å². The van der Waals surface area contributed by atoms with Gasteiger partial charge in [-0.2, -0.15) is 0 Å². The first-order valence-corrected chi connectivity index (χ1v) is 7.21. The molecule has 1 unspecified atom stereocenters. The Morgan fingerprint density at radius 1 is 1.35 bits per heavy atom. The van der Waals surface area contributed by atoms with Crippen molar-refractivity contribution in [3.63, 3.8) is 0 Å². The first-order valence-electron chi connectivity index (χ1n) is 7.21. The molecule has 110 valence electrons. The van der Waals surface area contributed by atoms with Gasteiger partial charge in [0.15, 0.2) is 0 Å². The number of carbonyl (C=O) groups excluding carboxylic acids is 1. The summed E-state index contributed by atoms with van der Waals surface area (Å²) < 4.78 is 5.59. The molecule has 0 saturated heterocycles. The number of fused-ring (bicyclic) bond motifs is 1. The Morgan fingerprint density at radius 2 is 2.10 bits per heavy atom. The zero-order chi connectivity index (χ0) is 14.8. The minimum atomic E-state index is -0.0307. The van der Waals surface area contributed by atoms with E-state index in [4.69, 9.17) is 4.74 Å². The molecule has 0 bridgehead atoms. The van der Waals surface area contributed by atoms with Crippen LogP contribution >= 0.6 is 0 Å². The Hall–Kier alpha value is -1.71. The molecular weight excluding hydrogens is 252 g/mol. The summed E-state index contributed by atoms with van der Waals surface area (Å²) in [7, 11) is 0. The smallest absolute Gasteiger partial charge is 0.229 e. The van der Waals surface area contributed by atoms with Crippen LogP contribution in [0.25, 0.3) is 0 Å². The third-order valence-corrected chi connectivity index (χ3v) is 3.34. The molecule has 0 radical (unpaired) electrons. The number of rotatable bonds is 3. The maximum atomic E-state index is 12.4. The highest BCUT2D eigenvalue weighted by atomic mass is 16.5. The molecule has 0 saturated carbocycles. The van der Waals surface area contributed by atoms with Gasteiger partial charge in [-0.15, -0.1) is 0 Å². The predicted molar refractivity (Wildman–Crippen MR) is 82.3 cm³/mol. The fourth-order valence-electron chi connectivity index (χ4n) is 2.54. The van der Waals surface area contributed by atoms with Crippen molar-refractivity contribution in [2.75, 3.05) is 23.8 Å². The molecule has 20 heavy (non-hydrogen) atoms. The Labute approximate surface area is 120 Å². The van der Waals surface area contributed by atoms with E-state index in [1.54, 1.807) is 0 Å². The summed E-state index contributed by atoms with van der Waals surface area (Å²) in [5, 5.41) is 6.39. The molecule has 1 heterocycles. The average Bonchev–Trinajstić information content (AvgIpc) is 2.50. The second-order valence-electron chi connectivity index (χ2n) is 6.44. The van der Waals surface area contributed by atoms with E-state index in [2.05, 4.69) is 31.4 Å². The zero-order valence-corrected chi connectivity index (χ0v) is 12.7. The van der Waals surface area contributed by atoms with Crippen LogP contribution in [0.1, 0.15) is 34.1 Å². The largest absolute Gasteiger partial charge is 0.492 e. The number of carbonyl (C=O) groups is 1. The average molecular weight is 276 g/mol. The molecule has 2 rings (SSSR count). The van der Waals surface area contributed by atoms with Crippen LogP contribution in [-0.4, -0.2) is 19.1 Å². The molecule has 0 aromatic heterocycles. The van der Waals surface area contributed by atoms with Gasteiger partial charge in [0.1, 0.15) is 11.4 Å². The van der Waals surface area contributed by atoms with Crippen molar-refractivity contribution in [2.24, 2.45) is 11.3 Å². The number of amides is 1. The molecule has 1 atom stereocenters. The van der Waals surface area contributed by atoms with Crippen LogP contribution in [0.4, 0.5) is 11.4 Å². The lowest BCUT2D eigenvalue weighted by atomic mass is 9.84. The highest BCUT2D eigenvalue weighted by Gasteiger charge is 2.28. The molecule has 1 aliphatic rings. The summed E-state index contributed by atoms with van der Waals surface area (Å²) in [6.45, 7) is 9.65. The van der Waals surface area contributed by atoms with Crippen molar-refractivity contribution in [1.82, 2.24) is 0 Å². The third kappa shape index (κ3) is 3.44. The Balaban J connectivity index is 2.23. The minimum Gasteiger partial charge on any atom is -0.492 e. The van der Waals surface area contributed by atoms with E-state index in [0.29, 0.717) is 13.2 Å². The quantitative estimate of drug-likeness (QED) is 0.888. The van der Waals surface area contributed by atoms with Gasteiger partial charge in [-0.25, -0.2) is 0 Å². The number of ether oxygens (including phenoxy) is 1. The summed E-state index contributed by atoms with van der Waals surface area (Å²) in [6.07, 6.45) is 0.851. The maximum Gasteiger partial charge on any atom is 0.229 e. The van der Waals surface area contributed by atoms with Gasteiger partial charge in [0.05, 0.1) is 18.2 Å². The van der Waals surface area contributed by atoms with Crippen LogP contribution in [0.3, 0.4) is 0 Å². The predicted octanol–water partition coefficient (Wildman–Crippen LogP) is 3.50. The molecule has 1 aromatic rings. The van der Waals surface area contributed by atoms with Crippen molar-refractivity contribution >= 4 is 17.3 Å². The van der Waals surface area contributed by atoms with Gasteiger partial charge in [-0.1, -0.05) is 26.8 Å². The third-order valence-electron chi connectivity index (χ3n) is 3.34. The molecule has 4 heteroatoms. The van der Waals surface area contributed by atoms with Crippen molar-refractivity contribution < 1.29 is 9.53 Å². The lowest BCUT2D eigenvalue weighted by Crippen LogP contribution is -2.29. The standard InChI is InChI=1S/C16H24N2O2/c1-5-20-13-8-6-7-12-14(13)18-15(19)11(10-17-12)9-16(2,3)4/h6-8,11,17H,5,9-10H2,1-4H3,(H,18,19). The van der Waals surface area contributed by atoms with Crippen LogP contribution < -0.4 is 15.4 Å². The van der Waals surface area contributed by atoms with E-state index < -0.39 is 0 Å². The number of para-hydroxylation sites is 1. The lowest BCUT2D eigenvalue weighted by Gasteiger charge is -2.23. The number of benzene rings is 1. The molecule has 1 aromatic carbocycles. The number of anilines is 2. The second kappa shape index (κ2) is 5.73. The first kappa shape index (κ1) is 14.7. The molecule has 1 amide bonds. The fourth-order valence-corrected chi connectivity index (χ4v) is 2.54. The summed E-state index contributed by atoms with van der Waals surface area (Å²) in [4.78, 5) is 12.4. The lowest BCUT2D eigenvalue weighted by molar-refractivity contribution is -0.120. The number of nitrogens with one attached hydrogen (secondary N) is 2. The fraction of sp³-hybridized carbons (Fsp3) is 0.562. The van der Waals surface area contributed by atoms with Gasteiger partial charge in [-0.3, -0.25) is 4.79 Å². The van der Waals surface area contributed by atoms with E-state index in [9.17, 15) is 4.79 Å². The van der Waals surface area contributed by atoms with Crippen LogP contribution in [0.5, 0.6) is 5.75 Å². The van der Waals surface area contributed by atoms with E-state index in [1.807, 2.05) is 25.1 Å². The number of hydrogen-bond donors (Lipinski definition) is 2. The topological polar surface area (TPSA) is 50.4 Å². The molecule has 0 aliphatic carbocycles. The van der Waals surface area contributed by atoms with Crippen molar-refractivity contribution in [3.8, 4) is 5.75 Å². The highest BCUT2D eigenvalue weighted by Crippen LogP contribution is 2.36. The van der Waals surface area contributed by atoms with Gasteiger partial charge >= 0.3 is 0 Å². The Morgan fingerprint density at radius 3 is 2.75 bits per heavy atom. The van der Waals surface area contributed by atoms with E-state index in [-0.39, 0.29) is 17.2 Å². The Kier molecular flexibility index (Phi) is 4.21. The highest BCUT2D eigenvalue weighted by molar-refractivity contribution is 5.99. The number of hydrogen-bond acceptors (Lipinski definition) is 3. The van der Waals surface area contributed by atoms with Crippen molar-refractivity contribution in [1.29, 1.82) is 0 Å². The normalized spacial score (nSPS) is 18.6. The van der Waals surface area contributed by atoms with E-state index >= 15 is 0 Å². The zero-order valence-electron chi connectivity index (χ0n) is 12.7. The minimum absolute atomic E-state index is 0.0307. The molecule has 2 N–H and O–H groups in total. The van der Waals surface area contributed by atoms with Crippen molar-refractivity contribution in [2.45, 2.75) is 34.1 Å². The van der Waals surface area contributed by atoms with E-state index in [1.165, 1.54) is 0 Å². The van der Waals surface area contributed by atoms with Gasteiger partial charge in [-0.05, 0) is 30.9 Å². The van der Waals surface area contributed by atoms with Gasteiger partial charge in [0.2, 0.25) is 5.91 Å². The summed E-state index contributed by atoms with van der Waals surface area (Å²) >= 11 is 0. The second-order valence-corrected chi connectivity index (χ2v) is 6.44.